The van der Waals surface area contributed by atoms with Crippen LogP contribution < -0.4 is 16.0 Å². The average Bonchev–Trinajstić information content (AvgIpc) is 3.42. The predicted molar refractivity (Wildman–Crippen MR) is 152 cm³/mol. The number of carbonyl (C=O) groups excluding carboxylic acids is 3. The first-order valence-electron chi connectivity index (χ1n) is 13.9. The van der Waals surface area contributed by atoms with Gasteiger partial charge in [0.25, 0.3) is 11.8 Å². The lowest BCUT2D eigenvalue weighted by molar-refractivity contribution is -0.124. The second-order valence-corrected chi connectivity index (χ2v) is 10.7. The molecule has 0 bridgehead atoms. The zero-order chi connectivity index (χ0) is 27.7. The smallest absolute Gasteiger partial charge is 0.270 e. The van der Waals surface area contributed by atoms with Crippen molar-refractivity contribution in [2.24, 2.45) is 7.05 Å². The van der Waals surface area contributed by atoms with E-state index in [-0.39, 0.29) is 17.7 Å². The third-order valence-electron chi connectivity index (χ3n) is 8.33. The van der Waals surface area contributed by atoms with Gasteiger partial charge in [0, 0.05) is 37.8 Å². The van der Waals surface area contributed by atoms with Crippen LogP contribution in [0, 0.1) is 0 Å². The number of nitrogens with zero attached hydrogens (tertiary/aromatic N) is 2. The van der Waals surface area contributed by atoms with Crippen LogP contribution in [-0.4, -0.2) is 46.8 Å². The third-order valence-corrected chi connectivity index (χ3v) is 8.33. The van der Waals surface area contributed by atoms with E-state index in [0.29, 0.717) is 43.1 Å². The summed E-state index contributed by atoms with van der Waals surface area (Å²) in [5.74, 6) is -0.774. The van der Waals surface area contributed by atoms with Crippen LogP contribution in [0.3, 0.4) is 0 Å². The maximum atomic E-state index is 13.7. The SMILES string of the molecule is Cn1nccc1C(=O)NC(C=C1CCCCc2ccccc21)C(=O)Nc1ccc2c(c1)NC(=O)C21CCOCC1. The molecule has 1 unspecified atom stereocenters. The van der Waals surface area contributed by atoms with E-state index in [4.69, 9.17) is 4.74 Å². The highest BCUT2D eigenvalue weighted by atomic mass is 16.5. The summed E-state index contributed by atoms with van der Waals surface area (Å²) < 4.78 is 6.98. The summed E-state index contributed by atoms with van der Waals surface area (Å²) >= 11 is 0. The first-order valence-corrected chi connectivity index (χ1v) is 13.9. The molecule has 9 nitrogen and oxygen atoms in total. The summed E-state index contributed by atoms with van der Waals surface area (Å²) in [7, 11) is 1.69. The van der Waals surface area contributed by atoms with E-state index in [1.807, 2.05) is 30.3 Å². The lowest BCUT2D eigenvalue weighted by atomic mass is 9.75. The number of anilines is 2. The van der Waals surface area contributed by atoms with Gasteiger partial charge in [-0.25, -0.2) is 0 Å². The minimum atomic E-state index is -0.923. The van der Waals surface area contributed by atoms with Gasteiger partial charge in [-0.15, -0.1) is 0 Å². The van der Waals surface area contributed by atoms with Gasteiger partial charge in [0.2, 0.25) is 5.91 Å². The fraction of sp³-hybridized carbons (Fsp3) is 0.355. The van der Waals surface area contributed by atoms with Crippen LogP contribution in [0.15, 0.2) is 60.8 Å². The van der Waals surface area contributed by atoms with Gasteiger partial charge in [-0.3, -0.25) is 19.1 Å². The number of benzene rings is 2. The van der Waals surface area contributed by atoms with E-state index in [1.165, 1.54) is 10.2 Å². The van der Waals surface area contributed by atoms with Gasteiger partial charge in [0.05, 0.1) is 5.41 Å². The van der Waals surface area contributed by atoms with Gasteiger partial charge in [-0.2, -0.15) is 5.10 Å². The molecule has 1 saturated heterocycles. The molecule has 9 heteroatoms. The number of hydrogen-bond donors (Lipinski definition) is 3. The zero-order valence-corrected chi connectivity index (χ0v) is 22.5. The molecule has 3 aromatic rings. The molecule has 3 heterocycles. The van der Waals surface area contributed by atoms with Crippen molar-refractivity contribution in [3.05, 3.63) is 83.2 Å². The van der Waals surface area contributed by atoms with E-state index in [0.717, 1.165) is 42.4 Å². The van der Waals surface area contributed by atoms with Gasteiger partial charge in [-0.05, 0) is 85.1 Å². The standard InChI is InChI=1S/C31H33N5O4/c1-36-27(12-15-32-36)29(38)34-26(18-21-8-3-2-6-20-7-4-5-9-23(20)21)28(37)33-22-10-11-24-25(19-22)35-30(39)31(24)13-16-40-17-14-31/h4-5,7,9-12,15,18-19,26H,2-3,6,8,13-14,16-17H2,1H3,(H,33,37)(H,34,38)(H,35,39). The monoisotopic (exact) mass is 539 g/mol. The molecule has 1 aromatic heterocycles. The number of allylic oxidation sites excluding steroid dienone is 1. The van der Waals surface area contributed by atoms with Gasteiger partial charge in [0.15, 0.2) is 0 Å². The molecule has 0 radical (unpaired) electrons. The lowest BCUT2D eigenvalue weighted by Gasteiger charge is -2.31. The van der Waals surface area contributed by atoms with Gasteiger partial charge in [0.1, 0.15) is 11.7 Å². The van der Waals surface area contributed by atoms with Crippen molar-refractivity contribution >= 4 is 34.7 Å². The third kappa shape index (κ3) is 4.81. The molecule has 2 aromatic carbocycles. The van der Waals surface area contributed by atoms with E-state index in [1.54, 1.807) is 25.4 Å². The number of hydrogen-bond acceptors (Lipinski definition) is 5. The average molecular weight is 540 g/mol. The predicted octanol–water partition coefficient (Wildman–Crippen LogP) is 3.97. The van der Waals surface area contributed by atoms with E-state index in [9.17, 15) is 14.4 Å². The number of nitrogens with one attached hydrogen (secondary N) is 3. The Morgan fingerprint density at radius 2 is 1.90 bits per heavy atom. The number of ether oxygens (including phenoxy) is 1. The number of amides is 3. The molecular formula is C31H33N5O4. The molecule has 3 N–H and O–H groups in total. The van der Waals surface area contributed by atoms with Crippen molar-refractivity contribution in [1.29, 1.82) is 0 Å². The Morgan fingerprint density at radius 3 is 2.70 bits per heavy atom. The summed E-state index contributed by atoms with van der Waals surface area (Å²) in [6.45, 7) is 1.09. The van der Waals surface area contributed by atoms with E-state index < -0.39 is 11.5 Å². The molecule has 3 amide bonds. The van der Waals surface area contributed by atoms with Crippen molar-refractivity contribution < 1.29 is 19.1 Å². The number of carbonyl (C=O) groups is 3. The van der Waals surface area contributed by atoms with Gasteiger partial charge < -0.3 is 20.7 Å². The molecule has 6 rings (SSSR count). The Hall–Kier alpha value is -4.24. The Bertz CT molecular complexity index is 1500. The second kappa shape index (κ2) is 10.7. The quantitative estimate of drug-likeness (QED) is 0.425. The highest BCUT2D eigenvalue weighted by Gasteiger charge is 2.47. The molecule has 2 aliphatic heterocycles. The van der Waals surface area contributed by atoms with Crippen LogP contribution >= 0.6 is 0 Å². The topological polar surface area (TPSA) is 114 Å². The van der Waals surface area contributed by atoms with Crippen molar-refractivity contribution in [1.82, 2.24) is 15.1 Å². The normalized spacial score (nSPS) is 19.3. The summed E-state index contributed by atoms with van der Waals surface area (Å²) in [5.41, 5.74) is 5.39. The largest absolute Gasteiger partial charge is 0.381 e. The summed E-state index contributed by atoms with van der Waals surface area (Å²) in [5, 5.41) is 13.0. The number of aryl methyl sites for hydroxylation is 2. The Morgan fingerprint density at radius 1 is 1.10 bits per heavy atom. The first-order chi connectivity index (χ1) is 19.4. The number of rotatable bonds is 5. The highest BCUT2D eigenvalue weighted by Crippen LogP contribution is 2.45. The Labute approximate surface area is 233 Å². The van der Waals surface area contributed by atoms with Crippen molar-refractivity contribution in [3.63, 3.8) is 0 Å². The molecular weight excluding hydrogens is 506 g/mol. The fourth-order valence-corrected chi connectivity index (χ4v) is 6.13. The summed E-state index contributed by atoms with van der Waals surface area (Å²) in [6.07, 6.45) is 8.57. The lowest BCUT2D eigenvalue weighted by Crippen LogP contribution is -2.43. The minimum Gasteiger partial charge on any atom is -0.381 e. The van der Waals surface area contributed by atoms with Crippen LogP contribution in [0.2, 0.25) is 0 Å². The van der Waals surface area contributed by atoms with E-state index >= 15 is 0 Å². The van der Waals surface area contributed by atoms with Crippen LogP contribution in [0.5, 0.6) is 0 Å². The van der Waals surface area contributed by atoms with Crippen LogP contribution in [0.1, 0.15) is 59.3 Å². The van der Waals surface area contributed by atoms with Crippen LogP contribution in [0.25, 0.3) is 5.57 Å². The Kier molecular flexibility index (Phi) is 6.98. The molecule has 1 aliphatic carbocycles. The highest BCUT2D eigenvalue weighted by molar-refractivity contribution is 6.08. The molecule has 1 atom stereocenters. The minimum absolute atomic E-state index is 0.0210. The maximum absolute atomic E-state index is 13.7. The second-order valence-electron chi connectivity index (χ2n) is 10.7. The molecule has 0 saturated carbocycles. The molecule has 3 aliphatic rings. The van der Waals surface area contributed by atoms with Crippen molar-refractivity contribution in [2.75, 3.05) is 23.8 Å². The molecule has 40 heavy (non-hydrogen) atoms. The first kappa shape index (κ1) is 26.0. The maximum Gasteiger partial charge on any atom is 0.270 e. The molecule has 1 fully saturated rings. The van der Waals surface area contributed by atoms with Crippen LogP contribution in [0.4, 0.5) is 11.4 Å². The molecule has 1 spiro atoms. The van der Waals surface area contributed by atoms with Crippen LogP contribution in [-0.2, 0) is 33.2 Å². The van der Waals surface area contributed by atoms with E-state index in [2.05, 4.69) is 33.2 Å². The number of fused-ring (bicyclic) bond motifs is 3. The van der Waals surface area contributed by atoms with Crippen molar-refractivity contribution in [2.45, 2.75) is 50.0 Å². The number of aromatic nitrogens is 2. The Balaban J connectivity index is 1.30. The van der Waals surface area contributed by atoms with Crippen molar-refractivity contribution in [3.8, 4) is 0 Å². The van der Waals surface area contributed by atoms with Gasteiger partial charge >= 0.3 is 0 Å². The summed E-state index contributed by atoms with van der Waals surface area (Å²) in [4.78, 5) is 39.9. The zero-order valence-electron chi connectivity index (χ0n) is 22.5. The molecule has 206 valence electrons. The van der Waals surface area contributed by atoms with Gasteiger partial charge in [-0.1, -0.05) is 30.3 Å². The summed E-state index contributed by atoms with van der Waals surface area (Å²) in [6, 6.07) is 14.5. The fourth-order valence-electron chi connectivity index (χ4n) is 6.13.